The van der Waals surface area contributed by atoms with Crippen LogP contribution in [0.4, 0.5) is 0 Å². The topological polar surface area (TPSA) is 70.6 Å². The number of carbonyl (C=O) groups is 1. The molecule has 0 radical (unpaired) electrons. The molecule has 0 N–H and O–H groups in total. The number of sulfonamides is 1. The Morgan fingerprint density at radius 1 is 0.931 bits per heavy atom. The second-order valence-corrected chi connectivity index (χ2v) is 9.26. The molecule has 6 nitrogen and oxygen atoms in total. The Hall–Kier alpha value is -2.77. The fraction of sp³-hybridized carbons (Fsp3) is 0.273. The van der Waals surface area contributed by atoms with Gasteiger partial charge in [0.25, 0.3) is 5.91 Å². The second-order valence-electron chi connectivity index (χ2n) is 7.33. The molecule has 0 spiro atoms. The van der Waals surface area contributed by atoms with Gasteiger partial charge in [0.15, 0.2) is 0 Å². The molecule has 0 saturated carbocycles. The summed E-state index contributed by atoms with van der Waals surface area (Å²) in [6, 6.07) is 16.3. The number of carbonyl (C=O) groups excluding carboxylic acids is 1. The minimum atomic E-state index is -3.53. The van der Waals surface area contributed by atoms with Crippen molar-refractivity contribution in [3.63, 3.8) is 0 Å². The first-order valence-corrected chi connectivity index (χ1v) is 11.0. The van der Waals surface area contributed by atoms with E-state index >= 15 is 0 Å². The van der Waals surface area contributed by atoms with Gasteiger partial charge >= 0.3 is 0 Å². The minimum absolute atomic E-state index is 0.102. The number of benzene rings is 2. The van der Waals surface area contributed by atoms with Gasteiger partial charge in [0.1, 0.15) is 0 Å². The molecule has 1 saturated heterocycles. The Morgan fingerprint density at radius 3 is 2.31 bits per heavy atom. The Labute approximate surface area is 170 Å². The van der Waals surface area contributed by atoms with Crippen molar-refractivity contribution in [2.45, 2.75) is 18.7 Å². The lowest BCUT2D eigenvalue weighted by Crippen LogP contribution is -2.50. The first kappa shape index (κ1) is 19.5. The Kier molecular flexibility index (Phi) is 5.10. The molecule has 150 valence electrons. The summed E-state index contributed by atoms with van der Waals surface area (Å²) in [7, 11) is -3.53. The van der Waals surface area contributed by atoms with Crippen LogP contribution >= 0.6 is 0 Å². The van der Waals surface area contributed by atoms with Crippen LogP contribution in [-0.4, -0.2) is 54.7 Å². The van der Waals surface area contributed by atoms with Gasteiger partial charge in [-0.05, 0) is 44.2 Å². The van der Waals surface area contributed by atoms with Crippen molar-refractivity contribution in [3.8, 4) is 0 Å². The van der Waals surface area contributed by atoms with Crippen LogP contribution in [0, 0.1) is 13.8 Å². The van der Waals surface area contributed by atoms with Crippen LogP contribution in [0.1, 0.15) is 21.6 Å². The zero-order chi connectivity index (χ0) is 20.6. The second kappa shape index (κ2) is 7.57. The molecule has 1 aromatic heterocycles. The van der Waals surface area contributed by atoms with Crippen molar-refractivity contribution in [2.24, 2.45) is 0 Å². The highest BCUT2D eigenvalue weighted by Gasteiger charge is 2.30. The minimum Gasteiger partial charge on any atom is -0.336 e. The zero-order valence-electron chi connectivity index (χ0n) is 16.5. The molecule has 29 heavy (non-hydrogen) atoms. The highest BCUT2D eigenvalue weighted by molar-refractivity contribution is 7.89. The largest absolute Gasteiger partial charge is 0.336 e. The Balaban J connectivity index is 1.52. The quantitative estimate of drug-likeness (QED) is 0.667. The Morgan fingerprint density at radius 2 is 1.62 bits per heavy atom. The molecule has 0 atom stereocenters. The molecule has 4 rings (SSSR count). The predicted molar refractivity (Wildman–Crippen MR) is 112 cm³/mol. The summed E-state index contributed by atoms with van der Waals surface area (Å²) in [5.74, 6) is -0.102. The van der Waals surface area contributed by atoms with Crippen molar-refractivity contribution in [1.82, 2.24) is 14.2 Å². The van der Waals surface area contributed by atoms with Gasteiger partial charge in [-0.1, -0.05) is 29.8 Å². The number of hydrogen-bond donors (Lipinski definition) is 0. The summed E-state index contributed by atoms with van der Waals surface area (Å²) in [5.41, 5.74) is 3.23. The molecule has 0 aliphatic carbocycles. The van der Waals surface area contributed by atoms with E-state index in [4.69, 9.17) is 0 Å². The lowest BCUT2D eigenvalue weighted by atomic mass is 10.1. The van der Waals surface area contributed by atoms with E-state index in [9.17, 15) is 13.2 Å². The van der Waals surface area contributed by atoms with Gasteiger partial charge in [0.2, 0.25) is 10.0 Å². The average Bonchev–Trinajstić information content (AvgIpc) is 2.74. The standard InChI is InChI=1S/C22H23N3O3S/c1-16-8-9-21-18(14-16)15-20(17(2)23-21)22(26)24-10-12-25(13-11-24)29(27,28)19-6-4-3-5-7-19/h3-9,14-15H,10-13H2,1-2H3. The molecule has 7 heteroatoms. The lowest BCUT2D eigenvalue weighted by Gasteiger charge is -2.34. The van der Waals surface area contributed by atoms with Crippen LogP contribution in [0.3, 0.4) is 0 Å². The van der Waals surface area contributed by atoms with Crippen LogP contribution < -0.4 is 0 Å². The van der Waals surface area contributed by atoms with Crippen molar-refractivity contribution < 1.29 is 13.2 Å². The maximum Gasteiger partial charge on any atom is 0.255 e. The monoisotopic (exact) mass is 409 g/mol. The molecular weight excluding hydrogens is 386 g/mol. The molecule has 0 bridgehead atoms. The van der Waals surface area contributed by atoms with Crippen molar-refractivity contribution >= 4 is 26.8 Å². The van der Waals surface area contributed by atoms with Gasteiger partial charge in [-0.2, -0.15) is 4.31 Å². The zero-order valence-corrected chi connectivity index (χ0v) is 17.3. The maximum atomic E-state index is 13.1. The van der Waals surface area contributed by atoms with Gasteiger partial charge in [0.05, 0.1) is 21.7 Å². The van der Waals surface area contributed by atoms with Gasteiger partial charge in [-0.3, -0.25) is 9.78 Å². The maximum absolute atomic E-state index is 13.1. The first-order valence-electron chi connectivity index (χ1n) is 9.59. The van der Waals surface area contributed by atoms with Gasteiger partial charge in [0, 0.05) is 31.6 Å². The highest BCUT2D eigenvalue weighted by Crippen LogP contribution is 2.22. The SMILES string of the molecule is Cc1ccc2nc(C)c(C(=O)N3CCN(S(=O)(=O)c4ccccc4)CC3)cc2c1. The number of aryl methyl sites for hydroxylation is 2. The van der Waals surface area contributed by atoms with Gasteiger partial charge in [-0.15, -0.1) is 0 Å². The van der Waals surface area contributed by atoms with E-state index in [1.807, 2.05) is 38.1 Å². The van der Waals surface area contributed by atoms with E-state index in [1.54, 1.807) is 35.2 Å². The number of aromatic nitrogens is 1. The number of amides is 1. The Bertz CT molecular complexity index is 1170. The van der Waals surface area contributed by atoms with E-state index in [0.717, 1.165) is 16.5 Å². The molecule has 2 aromatic carbocycles. The van der Waals surface area contributed by atoms with Crippen molar-refractivity contribution in [1.29, 1.82) is 0 Å². The summed E-state index contributed by atoms with van der Waals surface area (Å²) in [6.07, 6.45) is 0. The number of pyridine rings is 1. The number of hydrogen-bond acceptors (Lipinski definition) is 4. The fourth-order valence-corrected chi connectivity index (χ4v) is 5.10. The number of fused-ring (bicyclic) bond motifs is 1. The fourth-order valence-electron chi connectivity index (χ4n) is 3.65. The molecule has 0 unspecified atom stereocenters. The summed E-state index contributed by atoms with van der Waals surface area (Å²) >= 11 is 0. The van der Waals surface area contributed by atoms with E-state index in [0.29, 0.717) is 24.3 Å². The van der Waals surface area contributed by atoms with Gasteiger partial charge < -0.3 is 4.90 Å². The van der Waals surface area contributed by atoms with E-state index < -0.39 is 10.0 Å². The average molecular weight is 410 g/mol. The molecule has 1 aliphatic heterocycles. The van der Waals surface area contributed by atoms with E-state index in [2.05, 4.69) is 4.98 Å². The van der Waals surface area contributed by atoms with E-state index in [-0.39, 0.29) is 23.9 Å². The van der Waals surface area contributed by atoms with Crippen LogP contribution in [-0.2, 0) is 10.0 Å². The summed E-state index contributed by atoms with van der Waals surface area (Å²) < 4.78 is 27.0. The van der Waals surface area contributed by atoms with Crippen molar-refractivity contribution in [3.05, 3.63) is 71.4 Å². The smallest absolute Gasteiger partial charge is 0.255 e. The number of nitrogens with zero attached hydrogens (tertiary/aromatic N) is 3. The molecule has 2 heterocycles. The molecule has 1 aliphatic rings. The third-order valence-electron chi connectivity index (χ3n) is 5.30. The molecule has 1 fully saturated rings. The van der Waals surface area contributed by atoms with E-state index in [1.165, 1.54) is 4.31 Å². The number of piperazine rings is 1. The highest BCUT2D eigenvalue weighted by atomic mass is 32.2. The van der Waals surface area contributed by atoms with Crippen LogP contribution in [0.2, 0.25) is 0 Å². The van der Waals surface area contributed by atoms with Crippen molar-refractivity contribution in [2.75, 3.05) is 26.2 Å². The summed E-state index contributed by atoms with van der Waals surface area (Å²) in [5, 5.41) is 0.934. The summed E-state index contributed by atoms with van der Waals surface area (Å²) in [6.45, 7) is 5.12. The molecular formula is C22H23N3O3S. The predicted octanol–water partition coefficient (Wildman–Crippen LogP) is 3.00. The van der Waals surface area contributed by atoms with Crippen LogP contribution in [0.15, 0.2) is 59.5 Å². The van der Waals surface area contributed by atoms with Crippen LogP contribution in [0.25, 0.3) is 10.9 Å². The third kappa shape index (κ3) is 3.75. The van der Waals surface area contributed by atoms with Crippen LogP contribution in [0.5, 0.6) is 0 Å². The number of rotatable bonds is 3. The lowest BCUT2D eigenvalue weighted by molar-refractivity contribution is 0.0697. The molecule has 3 aromatic rings. The third-order valence-corrected chi connectivity index (χ3v) is 7.21. The summed E-state index contributed by atoms with van der Waals surface area (Å²) in [4.78, 5) is 19.7. The van der Waals surface area contributed by atoms with Gasteiger partial charge in [-0.25, -0.2) is 8.42 Å². The molecule has 1 amide bonds. The normalized spacial score (nSPS) is 15.6. The first-order chi connectivity index (χ1) is 13.9.